The summed E-state index contributed by atoms with van der Waals surface area (Å²) in [4.78, 5) is 29.2. The van der Waals surface area contributed by atoms with E-state index in [0.29, 0.717) is 18.8 Å². The number of H-pyrrole nitrogens is 1. The zero-order valence-corrected chi connectivity index (χ0v) is 13.6. The number of piperazine rings is 1. The molecule has 1 unspecified atom stereocenters. The number of rotatable bonds is 3. The summed E-state index contributed by atoms with van der Waals surface area (Å²) < 4.78 is 5.52. The molecule has 1 aliphatic rings. The number of fused-ring (bicyclic) bond motifs is 1. The lowest BCUT2D eigenvalue weighted by Gasteiger charge is -2.31. The molecular weight excluding hydrogens is 294 g/mol. The molecule has 6 nitrogen and oxygen atoms in total. The smallest absolute Gasteiger partial charge is 0.271 e. The third kappa shape index (κ3) is 2.88. The molecule has 0 saturated carbocycles. The Balaban J connectivity index is 1.94. The van der Waals surface area contributed by atoms with Crippen LogP contribution in [-0.2, 0) is 4.79 Å². The van der Waals surface area contributed by atoms with Gasteiger partial charge in [0.05, 0.1) is 13.2 Å². The van der Waals surface area contributed by atoms with Crippen molar-refractivity contribution >= 4 is 22.7 Å². The summed E-state index contributed by atoms with van der Waals surface area (Å²) in [6, 6.07) is 5.70. The molecule has 1 aromatic carbocycles. The minimum Gasteiger partial charge on any atom is -0.494 e. The van der Waals surface area contributed by atoms with E-state index in [1.807, 2.05) is 39.0 Å². The van der Waals surface area contributed by atoms with E-state index in [1.165, 1.54) is 0 Å². The summed E-state index contributed by atoms with van der Waals surface area (Å²) in [6.07, 6.45) is 0. The number of carbonyl (C=O) groups excluding carboxylic acids is 2. The minimum absolute atomic E-state index is 0.0329. The van der Waals surface area contributed by atoms with Crippen LogP contribution in [0, 0.1) is 6.92 Å². The van der Waals surface area contributed by atoms with Crippen LogP contribution in [0.25, 0.3) is 10.9 Å². The molecule has 0 bridgehead atoms. The van der Waals surface area contributed by atoms with E-state index in [9.17, 15) is 9.59 Å². The molecule has 2 amide bonds. The second-order valence-corrected chi connectivity index (χ2v) is 5.92. The minimum atomic E-state index is -0.140. The van der Waals surface area contributed by atoms with E-state index in [4.69, 9.17) is 4.74 Å². The zero-order chi connectivity index (χ0) is 16.6. The van der Waals surface area contributed by atoms with Crippen LogP contribution < -0.4 is 10.1 Å². The quantitative estimate of drug-likeness (QED) is 0.907. The zero-order valence-electron chi connectivity index (χ0n) is 13.6. The number of nitrogens with zero attached hydrogens (tertiary/aromatic N) is 1. The molecule has 1 aliphatic heterocycles. The molecule has 0 spiro atoms. The lowest BCUT2D eigenvalue weighted by molar-refractivity contribution is -0.124. The van der Waals surface area contributed by atoms with Gasteiger partial charge in [0.1, 0.15) is 11.4 Å². The number of benzene rings is 1. The first kappa shape index (κ1) is 15.4. The van der Waals surface area contributed by atoms with Gasteiger partial charge in [-0.3, -0.25) is 9.59 Å². The highest BCUT2D eigenvalue weighted by Crippen LogP contribution is 2.27. The third-order valence-electron chi connectivity index (χ3n) is 4.08. The van der Waals surface area contributed by atoms with Gasteiger partial charge >= 0.3 is 0 Å². The van der Waals surface area contributed by atoms with Crippen molar-refractivity contribution in [1.29, 1.82) is 0 Å². The van der Waals surface area contributed by atoms with Crippen LogP contribution in [0.5, 0.6) is 5.75 Å². The molecule has 1 fully saturated rings. The summed E-state index contributed by atoms with van der Waals surface area (Å²) in [5.41, 5.74) is 2.31. The van der Waals surface area contributed by atoms with Crippen LogP contribution >= 0.6 is 0 Å². The van der Waals surface area contributed by atoms with E-state index in [0.717, 1.165) is 22.2 Å². The summed E-state index contributed by atoms with van der Waals surface area (Å²) in [5.74, 6) is 0.523. The normalized spacial score (nSPS) is 18.1. The molecule has 2 N–H and O–H groups in total. The Bertz CT molecular complexity index is 766. The number of nitrogens with one attached hydrogen (secondary N) is 2. The number of aryl methyl sites for hydroxylation is 1. The first-order valence-corrected chi connectivity index (χ1v) is 7.83. The summed E-state index contributed by atoms with van der Waals surface area (Å²) in [6.45, 7) is 6.96. The Labute approximate surface area is 134 Å². The van der Waals surface area contributed by atoms with Crippen molar-refractivity contribution in [2.75, 3.05) is 19.7 Å². The van der Waals surface area contributed by atoms with E-state index in [-0.39, 0.29) is 24.4 Å². The molecule has 2 aromatic rings. The molecule has 1 atom stereocenters. The molecule has 122 valence electrons. The lowest BCUT2D eigenvalue weighted by atomic mass is 10.1. The Kier molecular flexibility index (Phi) is 3.98. The molecule has 3 rings (SSSR count). The number of aromatic nitrogens is 1. The van der Waals surface area contributed by atoms with Gasteiger partial charge in [-0.15, -0.1) is 0 Å². The molecule has 0 aliphatic carbocycles. The summed E-state index contributed by atoms with van der Waals surface area (Å²) in [7, 11) is 0. The molecule has 2 heterocycles. The fraction of sp³-hybridized carbons (Fsp3) is 0.412. The number of hydrogen-bond donors (Lipinski definition) is 2. The van der Waals surface area contributed by atoms with Crippen LogP contribution in [0.4, 0.5) is 0 Å². The number of amides is 2. The van der Waals surface area contributed by atoms with E-state index in [1.54, 1.807) is 4.90 Å². The second-order valence-electron chi connectivity index (χ2n) is 5.92. The maximum Gasteiger partial charge on any atom is 0.271 e. The highest BCUT2D eigenvalue weighted by molar-refractivity contribution is 6.02. The van der Waals surface area contributed by atoms with Crippen molar-refractivity contribution in [2.24, 2.45) is 0 Å². The summed E-state index contributed by atoms with van der Waals surface area (Å²) in [5, 5.41) is 3.79. The Morgan fingerprint density at radius 2 is 2.22 bits per heavy atom. The molecule has 6 heteroatoms. The van der Waals surface area contributed by atoms with Gasteiger partial charge < -0.3 is 19.9 Å². The van der Waals surface area contributed by atoms with Crippen molar-refractivity contribution in [3.8, 4) is 5.75 Å². The van der Waals surface area contributed by atoms with Crippen molar-refractivity contribution in [3.05, 3.63) is 29.5 Å². The molecular formula is C17H21N3O3. The van der Waals surface area contributed by atoms with Crippen molar-refractivity contribution in [3.63, 3.8) is 0 Å². The Hall–Kier alpha value is -2.50. The topological polar surface area (TPSA) is 74.4 Å². The largest absolute Gasteiger partial charge is 0.494 e. The third-order valence-corrected chi connectivity index (χ3v) is 4.08. The second kappa shape index (κ2) is 5.95. The predicted octanol–water partition coefficient (Wildman–Crippen LogP) is 1.84. The average Bonchev–Trinajstić information content (AvgIpc) is 2.83. The molecule has 1 saturated heterocycles. The van der Waals surface area contributed by atoms with Crippen LogP contribution in [0.3, 0.4) is 0 Å². The first-order valence-electron chi connectivity index (χ1n) is 7.83. The SMILES string of the molecule is CCOc1ccc2[nH]c(C(=O)N3CC(=O)NC(C)C3)c(C)c2c1. The maximum atomic E-state index is 12.8. The monoisotopic (exact) mass is 315 g/mol. The lowest BCUT2D eigenvalue weighted by Crippen LogP contribution is -2.54. The van der Waals surface area contributed by atoms with Gasteiger partial charge in [-0.25, -0.2) is 0 Å². The fourth-order valence-corrected chi connectivity index (χ4v) is 3.02. The van der Waals surface area contributed by atoms with E-state index < -0.39 is 0 Å². The van der Waals surface area contributed by atoms with Gasteiger partial charge in [0.25, 0.3) is 5.91 Å². The fourth-order valence-electron chi connectivity index (χ4n) is 3.02. The molecule has 23 heavy (non-hydrogen) atoms. The number of aromatic amines is 1. The van der Waals surface area contributed by atoms with Gasteiger partial charge in [-0.05, 0) is 44.5 Å². The average molecular weight is 315 g/mol. The highest BCUT2D eigenvalue weighted by atomic mass is 16.5. The van der Waals surface area contributed by atoms with E-state index in [2.05, 4.69) is 10.3 Å². The van der Waals surface area contributed by atoms with Gasteiger partial charge in [-0.1, -0.05) is 0 Å². The van der Waals surface area contributed by atoms with E-state index >= 15 is 0 Å². The Morgan fingerprint density at radius 1 is 1.43 bits per heavy atom. The summed E-state index contributed by atoms with van der Waals surface area (Å²) >= 11 is 0. The molecule has 0 radical (unpaired) electrons. The first-order chi connectivity index (χ1) is 11.0. The van der Waals surface area contributed by atoms with Gasteiger partial charge in [0.15, 0.2) is 0 Å². The van der Waals surface area contributed by atoms with Crippen LogP contribution in [0.2, 0.25) is 0 Å². The molecule has 1 aromatic heterocycles. The van der Waals surface area contributed by atoms with Gasteiger partial charge in [-0.2, -0.15) is 0 Å². The predicted molar refractivity (Wildman–Crippen MR) is 87.7 cm³/mol. The van der Waals surface area contributed by atoms with Gasteiger partial charge in [0, 0.05) is 23.5 Å². The van der Waals surface area contributed by atoms with Crippen LogP contribution in [0.1, 0.15) is 29.9 Å². The van der Waals surface area contributed by atoms with Crippen LogP contribution in [0.15, 0.2) is 18.2 Å². The van der Waals surface area contributed by atoms with Gasteiger partial charge in [0.2, 0.25) is 5.91 Å². The van der Waals surface area contributed by atoms with Crippen molar-refractivity contribution < 1.29 is 14.3 Å². The Morgan fingerprint density at radius 3 is 2.91 bits per heavy atom. The van der Waals surface area contributed by atoms with Crippen molar-refractivity contribution in [2.45, 2.75) is 26.8 Å². The highest BCUT2D eigenvalue weighted by Gasteiger charge is 2.28. The maximum absolute atomic E-state index is 12.8. The number of ether oxygens (including phenoxy) is 1. The number of carbonyl (C=O) groups is 2. The van der Waals surface area contributed by atoms with Crippen LogP contribution in [-0.4, -0.2) is 47.4 Å². The van der Waals surface area contributed by atoms with Crippen molar-refractivity contribution in [1.82, 2.24) is 15.2 Å². The standard InChI is InChI=1S/C17H21N3O3/c1-4-23-12-5-6-14-13(7-12)11(3)16(19-14)17(22)20-8-10(2)18-15(21)9-20/h5-7,10,19H,4,8-9H2,1-3H3,(H,18,21). The number of hydrogen-bond acceptors (Lipinski definition) is 3.